The minimum Gasteiger partial charge on any atom is -0.454 e. The molecule has 0 aliphatic carbocycles. The molecule has 7 nitrogen and oxygen atoms in total. The second kappa shape index (κ2) is 9.31. The van der Waals surface area contributed by atoms with Crippen LogP contribution >= 0.6 is 0 Å². The summed E-state index contributed by atoms with van der Waals surface area (Å²) < 4.78 is 7.22. The minimum atomic E-state index is -0.655. The molecule has 1 aliphatic heterocycles. The number of carbonyl (C=O) groups is 4. The Morgan fingerprint density at radius 3 is 2.29 bits per heavy atom. The Morgan fingerprint density at radius 1 is 0.971 bits per heavy atom. The first-order valence-electron chi connectivity index (χ1n) is 10.8. The summed E-state index contributed by atoms with van der Waals surface area (Å²) in [4.78, 5) is 51.6. The molecule has 34 heavy (non-hydrogen) atoms. The van der Waals surface area contributed by atoms with Gasteiger partial charge in [-0.15, -0.1) is 6.58 Å². The lowest BCUT2D eigenvalue weighted by Crippen LogP contribution is -2.29. The third-order valence-corrected chi connectivity index (χ3v) is 5.90. The Hall–Kier alpha value is -4.26. The number of rotatable bonds is 8. The van der Waals surface area contributed by atoms with Gasteiger partial charge in [0.25, 0.3) is 11.8 Å². The number of nitrogens with zero attached hydrogens (tertiary/aromatic N) is 2. The molecule has 1 aromatic heterocycles. The van der Waals surface area contributed by atoms with Crippen LogP contribution in [0.15, 0.2) is 67.3 Å². The number of esters is 1. The summed E-state index contributed by atoms with van der Waals surface area (Å²) in [5.41, 5.74) is 3.80. The van der Waals surface area contributed by atoms with Gasteiger partial charge >= 0.3 is 5.97 Å². The van der Waals surface area contributed by atoms with Crippen LogP contribution in [0.4, 0.5) is 0 Å². The van der Waals surface area contributed by atoms with Crippen molar-refractivity contribution in [2.45, 2.75) is 26.9 Å². The molecular weight excluding hydrogens is 432 g/mol. The lowest BCUT2D eigenvalue weighted by molar-refractivity contribution is 0.0474. The molecule has 0 N–H and O–H groups in total. The van der Waals surface area contributed by atoms with Crippen molar-refractivity contribution in [3.05, 3.63) is 106 Å². The number of allylic oxidation sites excluding steroid dienone is 1. The van der Waals surface area contributed by atoms with Crippen LogP contribution in [0.2, 0.25) is 0 Å². The van der Waals surface area contributed by atoms with Gasteiger partial charge in [-0.3, -0.25) is 19.3 Å². The Bertz CT molecular complexity index is 1300. The van der Waals surface area contributed by atoms with Crippen LogP contribution in [0.3, 0.4) is 0 Å². The first-order valence-corrected chi connectivity index (χ1v) is 10.8. The number of benzene rings is 2. The normalized spacial score (nSPS) is 12.6. The fraction of sp³-hybridized carbons (Fsp3) is 0.185. The summed E-state index contributed by atoms with van der Waals surface area (Å²) >= 11 is 0. The van der Waals surface area contributed by atoms with Crippen molar-refractivity contribution in [3.63, 3.8) is 0 Å². The van der Waals surface area contributed by atoms with Crippen molar-refractivity contribution < 1.29 is 23.9 Å². The van der Waals surface area contributed by atoms with Crippen LogP contribution in [-0.2, 0) is 17.8 Å². The molecule has 0 saturated heterocycles. The molecular formula is C27H24N2O5. The number of carbonyl (C=O) groups excluding carboxylic acids is 4. The standard InChI is InChI=1S/C27H24N2O5/c1-4-12-28-17(2)13-23(18(28)3)24(30)16-34-27(33)20-9-7-8-19(14-20)15-29-25(31)21-10-5-6-11-22(21)26(29)32/h4-11,13-14H,1,12,15-16H2,2-3H3. The Balaban J connectivity index is 1.42. The molecule has 2 amide bonds. The van der Waals surface area contributed by atoms with E-state index in [-0.39, 0.29) is 36.3 Å². The van der Waals surface area contributed by atoms with Crippen LogP contribution in [0, 0.1) is 13.8 Å². The molecule has 0 radical (unpaired) electrons. The van der Waals surface area contributed by atoms with Gasteiger partial charge < -0.3 is 9.30 Å². The lowest BCUT2D eigenvalue weighted by Gasteiger charge is -2.14. The summed E-state index contributed by atoms with van der Waals surface area (Å²) in [5, 5.41) is 0. The first-order chi connectivity index (χ1) is 16.3. The lowest BCUT2D eigenvalue weighted by atomic mass is 10.1. The second-order valence-corrected chi connectivity index (χ2v) is 8.13. The maximum Gasteiger partial charge on any atom is 0.338 e. The van der Waals surface area contributed by atoms with Crippen molar-refractivity contribution in [2.24, 2.45) is 0 Å². The maximum atomic E-state index is 12.7. The van der Waals surface area contributed by atoms with Crippen molar-refractivity contribution in [1.82, 2.24) is 9.47 Å². The number of aromatic nitrogens is 1. The molecule has 7 heteroatoms. The van der Waals surface area contributed by atoms with Gasteiger partial charge in [0.15, 0.2) is 6.61 Å². The minimum absolute atomic E-state index is 0.0295. The fourth-order valence-corrected chi connectivity index (χ4v) is 4.15. The number of ketones is 1. The molecule has 2 aromatic carbocycles. The summed E-state index contributed by atoms with van der Waals surface area (Å²) in [6.07, 6.45) is 1.75. The van der Waals surface area contributed by atoms with Crippen molar-refractivity contribution in [3.8, 4) is 0 Å². The third kappa shape index (κ3) is 4.20. The second-order valence-electron chi connectivity index (χ2n) is 8.13. The molecule has 3 aromatic rings. The Labute approximate surface area is 197 Å². The number of amides is 2. The van der Waals surface area contributed by atoms with Gasteiger partial charge in [-0.05, 0) is 49.7 Å². The largest absolute Gasteiger partial charge is 0.454 e. The number of imide groups is 1. The predicted molar refractivity (Wildman–Crippen MR) is 126 cm³/mol. The van der Waals surface area contributed by atoms with Crippen molar-refractivity contribution in [2.75, 3.05) is 6.61 Å². The number of ether oxygens (including phenoxy) is 1. The zero-order chi connectivity index (χ0) is 24.4. The highest BCUT2D eigenvalue weighted by Crippen LogP contribution is 2.24. The molecule has 0 atom stereocenters. The van der Waals surface area contributed by atoms with Crippen LogP contribution in [0.1, 0.15) is 58.4 Å². The van der Waals surface area contributed by atoms with E-state index >= 15 is 0 Å². The highest BCUT2D eigenvalue weighted by atomic mass is 16.5. The first kappa shape index (κ1) is 22.9. The molecule has 2 heterocycles. The average molecular weight is 456 g/mol. The van der Waals surface area contributed by atoms with Gasteiger partial charge in [0.1, 0.15) is 0 Å². The Morgan fingerprint density at radius 2 is 1.65 bits per heavy atom. The van der Waals surface area contributed by atoms with E-state index in [1.54, 1.807) is 60.7 Å². The third-order valence-electron chi connectivity index (χ3n) is 5.90. The van der Waals surface area contributed by atoms with E-state index in [9.17, 15) is 19.2 Å². The van der Waals surface area contributed by atoms with Crippen LogP contribution in [0.25, 0.3) is 0 Å². The fourth-order valence-electron chi connectivity index (χ4n) is 4.15. The molecule has 4 rings (SSSR count). The van der Waals surface area contributed by atoms with Crippen LogP contribution in [-0.4, -0.2) is 39.6 Å². The van der Waals surface area contributed by atoms with E-state index in [4.69, 9.17) is 4.74 Å². The highest BCUT2D eigenvalue weighted by molar-refractivity contribution is 6.21. The molecule has 172 valence electrons. The highest BCUT2D eigenvalue weighted by Gasteiger charge is 2.35. The maximum absolute atomic E-state index is 12.7. The Kier molecular flexibility index (Phi) is 6.27. The summed E-state index contributed by atoms with van der Waals surface area (Å²) in [5.74, 6) is -1.68. The van der Waals surface area contributed by atoms with E-state index in [0.29, 0.717) is 28.8 Å². The summed E-state index contributed by atoms with van der Waals surface area (Å²) in [7, 11) is 0. The SMILES string of the molecule is C=CCn1c(C)cc(C(=O)COC(=O)c2cccc(CN3C(=O)c4ccccc4C3=O)c2)c1C. The van der Waals surface area contributed by atoms with E-state index in [2.05, 4.69) is 6.58 Å². The van der Waals surface area contributed by atoms with Gasteiger partial charge in [-0.25, -0.2) is 4.79 Å². The van der Waals surface area contributed by atoms with Gasteiger partial charge in [0.2, 0.25) is 5.78 Å². The number of hydrogen-bond acceptors (Lipinski definition) is 5. The molecule has 0 saturated carbocycles. The van der Waals surface area contributed by atoms with Gasteiger partial charge in [0.05, 0.1) is 23.2 Å². The zero-order valence-electron chi connectivity index (χ0n) is 19.0. The molecule has 0 fully saturated rings. The van der Waals surface area contributed by atoms with Gasteiger partial charge in [-0.2, -0.15) is 0 Å². The van der Waals surface area contributed by atoms with Gasteiger partial charge in [0, 0.05) is 23.5 Å². The van der Waals surface area contributed by atoms with E-state index in [1.165, 1.54) is 0 Å². The smallest absolute Gasteiger partial charge is 0.338 e. The number of fused-ring (bicyclic) bond motifs is 1. The quantitative estimate of drug-likeness (QED) is 0.220. The molecule has 1 aliphatic rings. The monoisotopic (exact) mass is 456 g/mol. The number of aryl methyl sites for hydroxylation is 1. The topological polar surface area (TPSA) is 85.7 Å². The number of hydrogen-bond donors (Lipinski definition) is 0. The van der Waals surface area contributed by atoms with Crippen molar-refractivity contribution in [1.29, 1.82) is 0 Å². The summed E-state index contributed by atoms with van der Waals surface area (Å²) in [6.45, 7) is 7.70. The van der Waals surface area contributed by atoms with E-state index in [0.717, 1.165) is 16.3 Å². The van der Waals surface area contributed by atoms with Crippen molar-refractivity contribution >= 4 is 23.6 Å². The molecule has 0 bridgehead atoms. The summed E-state index contributed by atoms with van der Waals surface area (Å²) in [6, 6.07) is 14.9. The number of Topliss-reactive ketones (excluding diaryl/α,β-unsaturated/α-hetero) is 1. The molecule has 0 spiro atoms. The predicted octanol–water partition coefficient (Wildman–Crippen LogP) is 4.13. The average Bonchev–Trinajstić information content (AvgIpc) is 3.26. The molecule has 0 unspecified atom stereocenters. The van der Waals surface area contributed by atoms with Crippen LogP contribution < -0.4 is 0 Å². The zero-order valence-corrected chi connectivity index (χ0v) is 19.0. The van der Waals surface area contributed by atoms with E-state index in [1.807, 2.05) is 18.4 Å². The van der Waals surface area contributed by atoms with Gasteiger partial charge in [-0.1, -0.05) is 30.3 Å². The van der Waals surface area contributed by atoms with Crippen LogP contribution in [0.5, 0.6) is 0 Å². The van der Waals surface area contributed by atoms with E-state index < -0.39 is 5.97 Å².